The van der Waals surface area contributed by atoms with E-state index in [9.17, 15) is 4.79 Å². The average Bonchev–Trinajstić information content (AvgIpc) is 2.74. The Balaban J connectivity index is 1.65. The Kier molecular flexibility index (Phi) is 6.58. The van der Waals surface area contributed by atoms with Gasteiger partial charge >= 0.3 is 0 Å². The predicted octanol–water partition coefficient (Wildman–Crippen LogP) is 6.59. The van der Waals surface area contributed by atoms with Crippen molar-refractivity contribution in [2.45, 2.75) is 39.4 Å². The van der Waals surface area contributed by atoms with E-state index in [1.54, 1.807) is 31.4 Å². The van der Waals surface area contributed by atoms with E-state index in [1.165, 1.54) is 0 Å². The van der Waals surface area contributed by atoms with Gasteiger partial charge in [0, 0.05) is 18.2 Å². The highest BCUT2D eigenvalue weighted by atomic mass is 16.5. The van der Waals surface area contributed by atoms with E-state index < -0.39 is 0 Å². The molecule has 0 aromatic heterocycles. The first-order valence-corrected chi connectivity index (χ1v) is 9.99. The van der Waals surface area contributed by atoms with Crippen LogP contribution in [0.3, 0.4) is 0 Å². The van der Waals surface area contributed by atoms with Crippen molar-refractivity contribution < 1.29 is 19.0 Å². The average molecular weight is 405 g/mol. The molecule has 30 heavy (non-hydrogen) atoms. The molecule has 0 spiro atoms. The fourth-order valence-electron chi connectivity index (χ4n) is 2.95. The predicted molar refractivity (Wildman–Crippen MR) is 119 cm³/mol. The highest BCUT2D eigenvalue weighted by molar-refractivity contribution is 6.09. The molecule has 1 unspecified atom stereocenters. The Morgan fingerprint density at radius 2 is 1.17 bits per heavy atom. The van der Waals surface area contributed by atoms with Crippen molar-refractivity contribution in [1.82, 2.24) is 0 Å². The maximum atomic E-state index is 12.7. The number of carbonyl (C=O) groups is 1. The lowest BCUT2D eigenvalue weighted by Crippen LogP contribution is -2.22. The summed E-state index contributed by atoms with van der Waals surface area (Å²) in [5, 5.41) is 0. The smallest absolute Gasteiger partial charge is 0.193 e. The third-order valence-corrected chi connectivity index (χ3v) is 4.60. The molecule has 0 fully saturated rings. The molecule has 4 nitrogen and oxygen atoms in total. The fraction of sp³-hybridized carbons (Fsp3) is 0.269. The minimum atomic E-state index is -0.243. The highest BCUT2D eigenvalue weighted by Gasteiger charge is 2.12. The number of carbonyl (C=O) groups excluding carboxylic acids is 1. The van der Waals surface area contributed by atoms with Crippen molar-refractivity contribution in [3.05, 3.63) is 89.5 Å². The molecule has 4 heteroatoms. The first-order valence-electron chi connectivity index (χ1n) is 9.99. The minimum absolute atomic E-state index is 0.000301. The topological polar surface area (TPSA) is 44.8 Å². The Hall–Kier alpha value is -3.11. The van der Waals surface area contributed by atoms with E-state index in [0.29, 0.717) is 22.6 Å². The van der Waals surface area contributed by atoms with E-state index in [0.717, 1.165) is 11.3 Å². The first kappa shape index (κ1) is 21.6. The summed E-state index contributed by atoms with van der Waals surface area (Å²) in [6.45, 7) is 8.00. The molecule has 0 amide bonds. The van der Waals surface area contributed by atoms with Gasteiger partial charge in [-0.05, 0) is 81.8 Å². The number of ether oxygens (including phenoxy) is 3. The molecule has 0 bridgehead atoms. The van der Waals surface area contributed by atoms with E-state index in [-0.39, 0.29) is 17.5 Å². The van der Waals surface area contributed by atoms with Crippen LogP contribution in [0.5, 0.6) is 17.2 Å². The number of rotatable bonds is 7. The van der Waals surface area contributed by atoms with Gasteiger partial charge in [0.1, 0.15) is 22.8 Å². The summed E-state index contributed by atoms with van der Waals surface area (Å²) >= 11 is 0. The first-order chi connectivity index (χ1) is 14.2. The molecule has 156 valence electrons. The summed E-state index contributed by atoms with van der Waals surface area (Å²) in [6, 6.07) is 22.2. The summed E-state index contributed by atoms with van der Waals surface area (Å²) in [7, 11) is 1.67. The van der Waals surface area contributed by atoms with Crippen LogP contribution in [0.1, 0.15) is 55.3 Å². The van der Waals surface area contributed by atoms with Crippen LogP contribution in [0, 0.1) is 0 Å². The molecule has 3 aromatic carbocycles. The van der Waals surface area contributed by atoms with Crippen LogP contribution in [0.15, 0.2) is 72.8 Å². The van der Waals surface area contributed by atoms with Crippen LogP contribution in [0.4, 0.5) is 0 Å². The third-order valence-electron chi connectivity index (χ3n) is 4.60. The minimum Gasteiger partial charge on any atom is -0.488 e. The second kappa shape index (κ2) is 9.14. The molecule has 0 aliphatic heterocycles. The van der Waals surface area contributed by atoms with Crippen molar-refractivity contribution in [1.29, 1.82) is 0 Å². The van der Waals surface area contributed by atoms with Crippen molar-refractivity contribution in [3.8, 4) is 17.2 Å². The molecule has 0 aliphatic rings. The molecular weight excluding hydrogens is 376 g/mol. The van der Waals surface area contributed by atoms with Crippen LogP contribution < -0.4 is 9.47 Å². The van der Waals surface area contributed by atoms with Gasteiger partial charge < -0.3 is 14.2 Å². The molecule has 3 rings (SSSR count). The lowest BCUT2D eigenvalue weighted by molar-refractivity contribution is 0.103. The molecule has 3 aromatic rings. The van der Waals surface area contributed by atoms with Gasteiger partial charge in [0.2, 0.25) is 0 Å². The third kappa shape index (κ3) is 5.71. The Morgan fingerprint density at radius 1 is 0.733 bits per heavy atom. The van der Waals surface area contributed by atoms with Crippen LogP contribution in [0.2, 0.25) is 0 Å². The molecule has 0 saturated heterocycles. The van der Waals surface area contributed by atoms with E-state index >= 15 is 0 Å². The SMILES string of the molecule is COC(C)c1ccc(C(=O)c2ccc(Oc3ccc(OC(C)(C)C)cc3)cc2)cc1. The van der Waals surface area contributed by atoms with Crippen molar-refractivity contribution in [2.75, 3.05) is 7.11 Å². The number of methoxy groups -OCH3 is 1. The zero-order chi connectivity index (χ0) is 21.7. The maximum Gasteiger partial charge on any atom is 0.193 e. The summed E-state index contributed by atoms with van der Waals surface area (Å²) in [5.41, 5.74) is 2.05. The quantitative estimate of drug-likeness (QED) is 0.416. The number of hydrogen-bond acceptors (Lipinski definition) is 4. The molecule has 0 radical (unpaired) electrons. The van der Waals surface area contributed by atoms with Gasteiger partial charge in [-0.3, -0.25) is 4.79 Å². The van der Waals surface area contributed by atoms with Crippen LogP contribution in [-0.2, 0) is 4.74 Å². The molecule has 0 heterocycles. The zero-order valence-electron chi connectivity index (χ0n) is 18.1. The van der Waals surface area contributed by atoms with Crippen molar-refractivity contribution >= 4 is 5.78 Å². The molecule has 0 saturated carbocycles. The van der Waals surface area contributed by atoms with Gasteiger partial charge in [0.25, 0.3) is 0 Å². The van der Waals surface area contributed by atoms with Gasteiger partial charge in [-0.15, -0.1) is 0 Å². The van der Waals surface area contributed by atoms with Crippen LogP contribution >= 0.6 is 0 Å². The van der Waals surface area contributed by atoms with Crippen LogP contribution in [-0.4, -0.2) is 18.5 Å². The second-order valence-corrected chi connectivity index (χ2v) is 8.14. The fourth-order valence-corrected chi connectivity index (χ4v) is 2.95. The number of ketones is 1. The Labute approximate surface area is 178 Å². The molecule has 1 atom stereocenters. The number of benzene rings is 3. The summed E-state index contributed by atoms with van der Waals surface area (Å²) in [5.74, 6) is 2.14. The molecule has 0 N–H and O–H groups in total. The Morgan fingerprint density at radius 3 is 1.63 bits per heavy atom. The molecule has 0 aliphatic carbocycles. The summed E-state index contributed by atoms with van der Waals surface area (Å²) in [6.07, 6.45) is -0.000301. The lowest BCUT2D eigenvalue weighted by Gasteiger charge is -2.21. The lowest BCUT2D eigenvalue weighted by atomic mass is 10.0. The Bertz CT molecular complexity index is 966. The van der Waals surface area contributed by atoms with Gasteiger partial charge in [-0.2, -0.15) is 0 Å². The maximum absolute atomic E-state index is 12.7. The van der Waals surface area contributed by atoms with Gasteiger partial charge in [0.05, 0.1) is 6.10 Å². The second-order valence-electron chi connectivity index (χ2n) is 8.14. The van der Waals surface area contributed by atoms with Gasteiger partial charge in [0.15, 0.2) is 5.78 Å². The van der Waals surface area contributed by atoms with Gasteiger partial charge in [-0.1, -0.05) is 24.3 Å². The highest BCUT2D eigenvalue weighted by Crippen LogP contribution is 2.26. The monoisotopic (exact) mass is 404 g/mol. The normalized spacial score (nSPS) is 12.3. The van der Waals surface area contributed by atoms with Crippen molar-refractivity contribution in [3.63, 3.8) is 0 Å². The van der Waals surface area contributed by atoms with E-state index in [4.69, 9.17) is 14.2 Å². The van der Waals surface area contributed by atoms with Crippen molar-refractivity contribution in [2.24, 2.45) is 0 Å². The standard InChI is InChI=1S/C26H28O4/c1-18(28-5)19-6-8-20(9-7-19)25(27)21-10-12-22(13-11-21)29-23-14-16-24(17-15-23)30-26(2,3)4/h6-18H,1-5H3. The van der Waals surface area contributed by atoms with E-state index in [2.05, 4.69) is 0 Å². The van der Waals surface area contributed by atoms with E-state index in [1.807, 2.05) is 76.2 Å². The summed E-state index contributed by atoms with van der Waals surface area (Å²) in [4.78, 5) is 12.7. The van der Waals surface area contributed by atoms with Gasteiger partial charge in [-0.25, -0.2) is 0 Å². The molecular formula is C26H28O4. The largest absolute Gasteiger partial charge is 0.488 e. The number of hydrogen-bond donors (Lipinski definition) is 0. The summed E-state index contributed by atoms with van der Waals surface area (Å²) < 4.78 is 17.0. The zero-order valence-corrected chi connectivity index (χ0v) is 18.1. The van der Waals surface area contributed by atoms with Crippen LogP contribution in [0.25, 0.3) is 0 Å².